The van der Waals surface area contributed by atoms with Gasteiger partial charge in [0.15, 0.2) is 0 Å². The van der Waals surface area contributed by atoms with Crippen molar-refractivity contribution < 1.29 is 5.11 Å². The van der Waals surface area contributed by atoms with Crippen LogP contribution in [0.3, 0.4) is 0 Å². The lowest BCUT2D eigenvalue weighted by Gasteiger charge is -2.38. The Bertz CT molecular complexity index is 207. The van der Waals surface area contributed by atoms with Gasteiger partial charge >= 0.3 is 0 Å². The van der Waals surface area contributed by atoms with E-state index in [9.17, 15) is 5.11 Å². The minimum Gasteiger partial charge on any atom is -0.389 e. The van der Waals surface area contributed by atoms with E-state index in [1.165, 1.54) is 6.42 Å². The topological polar surface area (TPSA) is 20.2 Å². The predicted molar refractivity (Wildman–Crippen MR) is 56.5 cm³/mol. The average molecular weight is 180 g/mol. The van der Waals surface area contributed by atoms with Gasteiger partial charge in [0.05, 0.1) is 5.60 Å². The van der Waals surface area contributed by atoms with E-state index in [2.05, 4.69) is 20.1 Å². The number of hydrogen-bond donors (Lipinski definition) is 1. The van der Waals surface area contributed by atoms with E-state index in [0.29, 0.717) is 12.3 Å². The normalized spacial score (nSPS) is 34.2. The van der Waals surface area contributed by atoms with Gasteiger partial charge in [-0.2, -0.15) is 0 Å². The van der Waals surface area contributed by atoms with Crippen molar-refractivity contribution in [3.8, 4) is 0 Å². The molecule has 1 fully saturated rings. The first-order valence-electron chi connectivity index (χ1n) is 5.11. The second-order valence-electron chi connectivity index (χ2n) is 4.29. The molecule has 0 bridgehead atoms. The summed E-state index contributed by atoms with van der Waals surface area (Å²) in [5, 5.41) is 10.3. The number of aliphatic hydroxyl groups is 1. The van der Waals surface area contributed by atoms with Gasteiger partial charge in [-0.25, -0.2) is 0 Å². The Morgan fingerprint density at radius 1 is 1.62 bits per heavy atom. The molecule has 1 heteroatoms. The van der Waals surface area contributed by atoms with E-state index >= 15 is 0 Å². The molecule has 1 N–H and O–H groups in total. The molecule has 0 heterocycles. The summed E-state index contributed by atoms with van der Waals surface area (Å²) in [4.78, 5) is 0. The third-order valence-electron chi connectivity index (χ3n) is 3.24. The zero-order valence-electron chi connectivity index (χ0n) is 8.55. The molecule has 0 aromatic rings. The summed E-state index contributed by atoms with van der Waals surface area (Å²) in [5.41, 5.74) is 0.444. The largest absolute Gasteiger partial charge is 0.389 e. The fraction of sp³-hybridized carbons (Fsp3) is 0.667. The maximum Gasteiger partial charge on any atom is 0.0713 e. The molecule has 0 amide bonds. The molecule has 0 aromatic carbocycles. The molecule has 1 nitrogen and oxygen atoms in total. The molecule has 0 aromatic heterocycles. The Morgan fingerprint density at radius 2 is 2.31 bits per heavy atom. The zero-order chi connectivity index (χ0) is 9.90. The van der Waals surface area contributed by atoms with Crippen molar-refractivity contribution in [1.29, 1.82) is 0 Å². The predicted octanol–water partition coefficient (Wildman–Crippen LogP) is 3.06. The number of allylic oxidation sites excluding steroid dienone is 1. The highest BCUT2D eigenvalue weighted by atomic mass is 16.3. The van der Waals surface area contributed by atoms with E-state index < -0.39 is 5.60 Å². The Hall–Kier alpha value is -0.560. The van der Waals surface area contributed by atoms with Crippen LogP contribution in [0.1, 0.15) is 39.0 Å². The summed E-state index contributed by atoms with van der Waals surface area (Å²) in [6.07, 6.45) is 6.90. The first kappa shape index (κ1) is 10.5. The second kappa shape index (κ2) is 4.10. The van der Waals surface area contributed by atoms with Crippen LogP contribution >= 0.6 is 0 Å². The van der Waals surface area contributed by atoms with Gasteiger partial charge in [-0.05, 0) is 18.8 Å². The lowest BCUT2D eigenvalue weighted by molar-refractivity contribution is -0.0397. The second-order valence-corrected chi connectivity index (χ2v) is 4.29. The Labute approximate surface area is 81.2 Å². The van der Waals surface area contributed by atoms with Crippen LogP contribution in [-0.4, -0.2) is 10.7 Å². The van der Waals surface area contributed by atoms with Gasteiger partial charge in [0.2, 0.25) is 0 Å². The van der Waals surface area contributed by atoms with Gasteiger partial charge < -0.3 is 5.11 Å². The van der Waals surface area contributed by atoms with Crippen LogP contribution in [0.15, 0.2) is 24.8 Å². The highest BCUT2D eigenvalue weighted by Crippen LogP contribution is 2.37. The van der Waals surface area contributed by atoms with Crippen LogP contribution in [0.2, 0.25) is 0 Å². The van der Waals surface area contributed by atoms with Crippen LogP contribution in [0.4, 0.5) is 0 Å². The Morgan fingerprint density at radius 3 is 2.85 bits per heavy atom. The molecule has 13 heavy (non-hydrogen) atoms. The van der Waals surface area contributed by atoms with Crippen LogP contribution < -0.4 is 0 Å². The standard InChI is InChI=1S/C12H20O/c1-4-10(2)9-12(13)8-6-5-7-11(12)3/h4,11,13H,1-2,5-9H2,3H3. The fourth-order valence-corrected chi connectivity index (χ4v) is 2.12. The average Bonchev–Trinajstić information content (AvgIpc) is 2.10. The number of hydrogen-bond acceptors (Lipinski definition) is 1. The molecule has 1 rings (SSSR count). The molecule has 1 saturated carbocycles. The summed E-state index contributed by atoms with van der Waals surface area (Å²) in [7, 11) is 0. The van der Waals surface area contributed by atoms with E-state index in [1.807, 2.05) is 0 Å². The fourth-order valence-electron chi connectivity index (χ4n) is 2.12. The maximum absolute atomic E-state index is 10.3. The molecule has 0 radical (unpaired) electrons. The van der Waals surface area contributed by atoms with E-state index in [4.69, 9.17) is 0 Å². The molecular formula is C12H20O. The highest BCUT2D eigenvalue weighted by Gasteiger charge is 2.35. The molecule has 1 aliphatic rings. The van der Waals surface area contributed by atoms with Crippen molar-refractivity contribution in [2.24, 2.45) is 5.92 Å². The summed E-state index contributed by atoms with van der Waals surface area (Å²) in [6, 6.07) is 0. The lowest BCUT2D eigenvalue weighted by atomic mass is 9.73. The smallest absolute Gasteiger partial charge is 0.0713 e. The van der Waals surface area contributed by atoms with Crippen molar-refractivity contribution in [1.82, 2.24) is 0 Å². The van der Waals surface area contributed by atoms with Gasteiger partial charge in [-0.15, -0.1) is 0 Å². The SMILES string of the molecule is C=CC(=C)CC1(O)CCCCC1C. The van der Waals surface area contributed by atoms with Crippen molar-refractivity contribution >= 4 is 0 Å². The molecule has 2 unspecified atom stereocenters. The number of rotatable bonds is 3. The van der Waals surface area contributed by atoms with E-state index in [-0.39, 0.29) is 0 Å². The first-order chi connectivity index (χ1) is 6.08. The third kappa shape index (κ3) is 2.44. The minimum atomic E-state index is -0.510. The van der Waals surface area contributed by atoms with Crippen LogP contribution in [0.25, 0.3) is 0 Å². The van der Waals surface area contributed by atoms with Crippen LogP contribution in [0.5, 0.6) is 0 Å². The summed E-state index contributed by atoms with van der Waals surface area (Å²) < 4.78 is 0. The van der Waals surface area contributed by atoms with Gasteiger partial charge in [-0.3, -0.25) is 0 Å². The molecule has 0 spiro atoms. The molecule has 0 aliphatic heterocycles. The van der Waals surface area contributed by atoms with Crippen LogP contribution in [-0.2, 0) is 0 Å². The molecule has 0 saturated heterocycles. The van der Waals surface area contributed by atoms with Crippen LogP contribution in [0, 0.1) is 5.92 Å². The lowest BCUT2D eigenvalue weighted by Crippen LogP contribution is -2.39. The maximum atomic E-state index is 10.3. The minimum absolute atomic E-state index is 0.401. The summed E-state index contributed by atoms with van der Waals surface area (Å²) >= 11 is 0. The van der Waals surface area contributed by atoms with Crippen molar-refractivity contribution in [2.45, 2.75) is 44.6 Å². The van der Waals surface area contributed by atoms with Gasteiger partial charge in [0.25, 0.3) is 0 Å². The summed E-state index contributed by atoms with van der Waals surface area (Å²) in [6.45, 7) is 9.67. The Balaban J connectivity index is 2.61. The summed E-state index contributed by atoms with van der Waals surface area (Å²) in [5.74, 6) is 0.401. The van der Waals surface area contributed by atoms with E-state index in [1.54, 1.807) is 6.08 Å². The van der Waals surface area contributed by atoms with Crippen molar-refractivity contribution in [2.75, 3.05) is 0 Å². The zero-order valence-corrected chi connectivity index (χ0v) is 8.55. The molecular weight excluding hydrogens is 160 g/mol. The molecule has 1 aliphatic carbocycles. The third-order valence-corrected chi connectivity index (χ3v) is 3.24. The van der Waals surface area contributed by atoms with Crippen molar-refractivity contribution in [3.05, 3.63) is 24.8 Å². The highest BCUT2D eigenvalue weighted by molar-refractivity contribution is 5.15. The van der Waals surface area contributed by atoms with Crippen molar-refractivity contribution in [3.63, 3.8) is 0 Å². The van der Waals surface area contributed by atoms with Gasteiger partial charge in [-0.1, -0.05) is 44.6 Å². The Kier molecular flexibility index (Phi) is 3.32. The van der Waals surface area contributed by atoms with E-state index in [0.717, 1.165) is 24.8 Å². The monoisotopic (exact) mass is 180 g/mol. The quantitative estimate of drug-likeness (QED) is 0.662. The van der Waals surface area contributed by atoms with Gasteiger partial charge in [0, 0.05) is 6.42 Å². The molecule has 74 valence electrons. The first-order valence-corrected chi connectivity index (χ1v) is 5.11. The molecule has 2 atom stereocenters. The van der Waals surface area contributed by atoms with Gasteiger partial charge in [0.1, 0.15) is 0 Å².